The summed E-state index contributed by atoms with van der Waals surface area (Å²) in [5.41, 5.74) is 1.19. The third-order valence-electron chi connectivity index (χ3n) is 3.41. The van der Waals surface area contributed by atoms with E-state index in [2.05, 4.69) is 5.32 Å². The van der Waals surface area contributed by atoms with Crippen molar-refractivity contribution in [3.63, 3.8) is 0 Å². The zero-order valence-electron chi connectivity index (χ0n) is 13.8. The monoisotopic (exact) mass is 400 g/mol. The van der Waals surface area contributed by atoms with Crippen molar-refractivity contribution in [2.24, 2.45) is 0 Å². The highest BCUT2D eigenvalue weighted by Crippen LogP contribution is 2.23. The van der Waals surface area contributed by atoms with Crippen molar-refractivity contribution in [3.05, 3.63) is 58.1 Å². The lowest BCUT2D eigenvalue weighted by Gasteiger charge is -2.17. The standard InChI is InChI=1S/C17H18Cl2N2O3S/c1-21(10-12-7-8-13(18)14(19)9-12)11-17(22)20-15-5-3-4-6-16(15)25(2,23)24/h3-9H,10-11H2,1-2H3,(H,20,22). The quantitative estimate of drug-likeness (QED) is 0.805. The number of halogens is 2. The van der Waals surface area contributed by atoms with E-state index in [4.69, 9.17) is 23.2 Å². The lowest BCUT2D eigenvalue weighted by atomic mass is 10.2. The van der Waals surface area contributed by atoms with Gasteiger partial charge in [-0.25, -0.2) is 8.42 Å². The van der Waals surface area contributed by atoms with Gasteiger partial charge in [0.1, 0.15) is 0 Å². The Kier molecular flexibility index (Phi) is 6.46. The van der Waals surface area contributed by atoms with Crippen molar-refractivity contribution in [3.8, 4) is 0 Å². The summed E-state index contributed by atoms with van der Waals surface area (Å²) in [6.07, 6.45) is 1.11. The number of hydrogen-bond donors (Lipinski definition) is 1. The molecule has 0 aliphatic heterocycles. The first-order valence-corrected chi connectivity index (χ1v) is 10.0. The Morgan fingerprint density at radius 2 is 1.80 bits per heavy atom. The van der Waals surface area contributed by atoms with E-state index in [1.54, 1.807) is 42.3 Å². The van der Waals surface area contributed by atoms with Crippen molar-refractivity contribution in [2.75, 3.05) is 25.2 Å². The van der Waals surface area contributed by atoms with Gasteiger partial charge in [-0.15, -0.1) is 0 Å². The van der Waals surface area contributed by atoms with Gasteiger partial charge in [-0.1, -0.05) is 41.4 Å². The Labute approximate surface area is 157 Å². The molecule has 0 spiro atoms. The van der Waals surface area contributed by atoms with E-state index < -0.39 is 9.84 Å². The summed E-state index contributed by atoms with van der Waals surface area (Å²) in [6, 6.07) is 11.6. The van der Waals surface area contributed by atoms with E-state index in [0.717, 1.165) is 11.8 Å². The largest absolute Gasteiger partial charge is 0.324 e. The minimum atomic E-state index is -3.42. The predicted octanol–water partition coefficient (Wildman–Crippen LogP) is 3.47. The van der Waals surface area contributed by atoms with Crippen molar-refractivity contribution < 1.29 is 13.2 Å². The van der Waals surface area contributed by atoms with Crippen LogP contribution in [0.5, 0.6) is 0 Å². The molecular formula is C17H18Cl2N2O3S. The fourth-order valence-corrected chi connectivity index (χ4v) is 3.50. The van der Waals surface area contributed by atoms with Crippen LogP contribution in [0.15, 0.2) is 47.4 Å². The van der Waals surface area contributed by atoms with Gasteiger partial charge in [0.05, 0.1) is 27.2 Å². The number of carbonyl (C=O) groups excluding carboxylic acids is 1. The Morgan fingerprint density at radius 1 is 1.12 bits per heavy atom. The second-order valence-corrected chi connectivity index (χ2v) is 8.54. The first kappa shape index (κ1) is 19.7. The Morgan fingerprint density at radius 3 is 2.44 bits per heavy atom. The van der Waals surface area contributed by atoms with Crippen LogP contribution >= 0.6 is 23.2 Å². The molecular weight excluding hydrogens is 383 g/mol. The predicted molar refractivity (Wildman–Crippen MR) is 101 cm³/mol. The van der Waals surface area contributed by atoms with Crippen LogP contribution in [0.3, 0.4) is 0 Å². The Bertz CT molecular complexity index is 885. The van der Waals surface area contributed by atoms with Gasteiger partial charge in [-0.05, 0) is 36.9 Å². The van der Waals surface area contributed by atoms with Gasteiger partial charge >= 0.3 is 0 Å². The number of likely N-dealkylation sites (N-methyl/N-ethyl adjacent to an activating group) is 1. The van der Waals surface area contributed by atoms with Gasteiger partial charge in [0.2, 0.25) is 5.91 Å². The molecule has 0 saturated heterocycles. The van der Waals surface area contributed by atoms with Gasteiger partial charge in [0, 0.05) is 12.8 Å². The maximum absolute atomic E-state index is 12.2. The molecule has 0 bridgehead atoms. The topological polar surface area (TPSA) is 66.5 Å². The molecule has 8 heteroatoms. The van der Waals surface area contributed by atoms with Crippen molar-refractivity contribution in [1.82, 2.24) is 4.90 Å². The van der Waals surface area contributed by atoms with Crippen LogP contribution in [0, 0.1) is 0 Å². The first-order valence-electron chi connectivity index (χ1n) is 7.38. The second kappa shape index (κ2) is 8.19. The molecule has 2 aromatic rings. The van der Waals surface area contributed by atoms with E-state index >= 15 is 0 Å². The molecule has 0 radical (unpaired) electrons. The van der Waals surface area contributed by atoms with E-state index in [0.29, 0.717) is 16.6 Å². The minimum absolute atomic E-state index is 0.0930. The number of nitrogens with zero attached hydrogens (tertiary/aromatic N) is 1. The third kappa shape index (κ3) is 5.71. The van der Waals surface area contributed by atoms with Crippen LogP contribution in [-0.4, -0.2) is 39.1 Å². The highest BCUT2D eigenvalue weighted by Gasteiger charge is 2.15. The van der Waals surface area contributed by atoms with Crippen molar-refractivity contribution >= 4 is 44.6 Å². The molecule has 0 fully saturated rings. The molecule has 25 heavy (non-hydrogen) atoms. The molecule has 1 amide bonds. The highest BCUT2D eigenvalue weighted by atomic mass is 35.5. The van der Waals surface area contributed by atoms with Gasteiger partial charge in [-0.2, -0.15) is 0 Å². The zero-order valence-corrected chi connectivity index (χ0v) is 16.1. The number of sulfone groups is 1. The molecule has 2 aromatic carbocycles. The number of anilines is 1. The lowest BCUT2D eigenvalue weighted by molar-refractivity contribution is -0.117. The van der Waals surface area contributed by atoms with E-state index in [9.17, 15) is 13.2 Å². The van der Waals surface area contributed by atoms with Crippen LogP contribution < -0.4 is 5.32 Å². The minimum Gasteiger partial charge on any atom is -0.324 e. The molecule has 5 nitrogen and oxygen atoms in total. The SMILES string of the molecule is CN(CC(=O)Nc1ccccc1S(C)(=O)=O)Cc1ccc(Cl)c(Cl)c1. The molecule has 0 heterocycles. The Balaban J connectivity index is 2.02. The molecule has 0 aliphatic carbocycles. The molecule has 2 rings (SSSR count). The van der Waals surface area contributed by atoms with Gasteiger partial charge < -0.3 is 5.32 Å². The summed E-state index contributed by atoms with van der Waals surface area (Å²) < 4.78 is 23.5. The number of carbonyl (C=O) groups is 1. The second-order valence-electron chi connectivity index (χ2n) is 5.74. The molecule has 0 aliphatic rings. The maximum atomic E-state index is 12.2. The normalized spacial score (nSPS) is 11.6. The van der Waals surface area contributed by atoms with Crippen LogP contribution in [0.4, 0.5) is 5.69 Å². The molecule has 0 atom stereocenters. The fraction of sp³-hybridized carbons (Fsp3) is 0.235. The summed E-state index contributed by atoms with van der Waals surface area (Å²) >= 11 is 11.9. The Hall–Kier alpha value is -1.60. The van der Waals surface area contributed by atoms with E-state index in [-0.39, 0.29) is 23.0 Å². The van der Waals surface area contributed by atoms with Crippen molar-refractivity contribution in [1.29, 1.82) is 0 Å². The van der Waals surface area contributed by atoms with Gasteiger partial charge in [-0.3, -0.25) is 9.69 Å². The van der Waals surface area contributed by atoms with E-state index in [1.165, 1.54) is 6.07 Å². The fourth-order valence-electron chi connectivity index (χ4n) is 2.33. The zero-order chi connectivity index (χ0) is 18.6. The average Bonchev–Trinajstić information content (AvgIpc) is 2.50. The molecule has 1 N–H and O–H groups in total. The first-order chi connectivity index (χ1) is 11.7. The molecule has 134 valence electrons. The number of nitrogens with one attached hydrogen (secondary N) is 1. The summed E-state index contributed by atoms with van der Waals surface area (Å²) in [7, 11) is -1.64. The average molecular weight is 401 g/mol. The smallest absolute Gasteiger partial charge is 0.238 e. The number of rotatable bonds is 6. The maximum Gasteiger partial charge on any atom is 0.238 e. The van der Waals surface area contributed by atoms with Crippen LogP contribution in [0.2, 0.25) is 10.0 Å². The van der Waals surface area contributed by atoms with Gasteiger partial charge in [0.25, 0.3) is 0 Å². The summed E-state index contributed by atoms with van der Waals surface area (Å²) in [4.78, 5) is 14.1. The number of amides is 1. The number of para-hydroxylation sites is 1. The van der Waals surface area contributed by atoms with Gasteiger partial charge in [0.15, 0.2) is 9.84 Å². The molecule has 0 saturated carbocycles. The van der Waals surface area contributed by atoms with E-state index in [1.807, 2.05) is 6.07 Å². The summed E-state index contributed by atoms with van der Waals surface area (Å²) in [5, 5.41) is 3.58. The third-order valence-corrected chi connectivity index (χ3v) is 5.30. The van der Waals surface area contributed by atoms with Crippen LogP contribution in [0.25, 0.3) is 0 Å². The number of hydrogen-bond acceptors (Lipinski definition) is 4. The lowest BCUT2D eigenvalue weighted by Crippen LogP contribution is -2.30. The highest BCUT2D eigenvalue weighted by molar-refractivity contribution is 7.90. The van der Waals surface area contributed by atoms with Crippen molar-refractivity contribution in [2.45, 2.75) is 11.4 Å². The van der Waals surface area contributed by atoms with Crippen LogP contribution in [0.1, 0.15) is 5.56 Å². The number of benzene rings is 2. The van der Waals surface area contributed by atoms with Crippen LogP contribution in [-0.2, 0) is 21.2 Å². The molecule has 0 aromatic heterocycles. The molecule has 0 unspecified atom stereocenters. The summed E-state index contributed by atoms with van der Waals surface area (Å²) in [6.45, 7) is 0.594. The summed E-state index contributed by atoms with van der Waals surface area (Å²) in [5.74, 6) is -0.307.